The van der Waals surface area contributed by atoms with Gasteiger partial charge in [0.15, 0.2) is 17.9 Å². The van der Waals surface area contributed by atoms with Gasteiger partial charge in [0.25, 0.3) is 23.4 Å². The van der Waals surface area contributed by atoms with E-state index in [1.54, 1.807) is 17.9 Å². The number of nitro groups is 1. The van der Waals surface area contributed by atoms with E-state index in [1.165, 1.54) is 29.2 Å². The number of aliphatic hydroxyl groups is 2. The van der Waals surface area contributed by atoms with Crippen LogP contribution in [-0.4, -0.2) is 78.4 Å². The van der Waals surface area contributed by atoms with E-state index in [0.717, 1.165) is 5.56 Å². The Morgan fingerprint density at radius 1 is 1.21 bits per heavy atom. The van der Waals surface area contributed by atoms with Crippen LogP contribution in [0, 0.1) is 10.1 Å². The summed E-state index contributed by atoms with van der Waals surface area (Å²) in [7, 11) is 1.74. The van der Waals surface area contributed by atoms with Gasteiger partial charge in [0.2, 0.25) is 0 Å². The number of fused-ring (bicyclic) bond motifs is 1. The first kappa shape index (κ1) is 23.3. The fourth-order valence-electron chi connectivity index (χ4n) is 4.37. The van der Waals surface area contributed by atoms with Gasteiger partial charge < -0.3 is 25.7 Å². The summed E-state index contributed by atoms with van der Waals surface area (Å²) in [5, 5.41) is 40.7. The standard InChI is InChI=1S/C21H24N6O7/c1-25-11-12-10-21(23-18(30)15(12)24-25)6-8-26(9-7-21)20(32)17(29)16(28)19(31)22-13-2-4-14(5-3-13)27(33)34/h2-5,11,16-17,28-29H,6-10H2,1H3,(H,22,31)(H,23,30)/t16-,17-/m0/s1. The second kappa shape index (κ2) is 8.83. The fourth-order valence-corrected chi connectivity index (χ4v) is 4.37. The number of rotatable bonds is 5. The molecule has 13 heteroatoms. The van der Waals surface area contributed by atoms with Crippen molar-refractivity contribution in [1.29, 1.82) is 0 Å². The van der Waals surface area contributed by atoms with E-state index in [-0.39, 0.29) is 30.4 Å². The Bertz CT molecular complexity index is 1140. The second-order valence-electron chi connectivity index (χ2n) is 8.60. The summed E-state index contributed by atoms with van der Waals surface area (Å²) >= 11 is 0. The molecule has 2 aliphatic rings. The molecular weight excluding hydrogens is 448 g/mol. The van der Waals surface area contributed by atoms with Crippen LogP contribution in [-0.2, 0) is 23.1 Å². The largest absolute Gasteiger partial charge is 0.380 e. The highest BCUT2D eigenvalue weighted by atomic mass is 16.6. The smallest absolute Gasteiger partial charge is 0.272 e. The first-order chi connectivity index (χ1) is 16.1. The number of carbonyl (C=O) groups excluding carboxylic acids is 3. The molecule has 4 N–H and O–H groups in total. The number of aryl methyl sites for hydroxylation is 1. The van der Waals surface area contributed by atoms with Crippen LogP contribution in [0.15, 0.2) is 30.5 Å². The summed E-state index contributed by atoms with van der Waals surface area (Å²) in [4.78, 5) is 48.9. The van der Waals surface area contributed by atoms with Gasteiger partial charge in [0.1, 0.15) is 0 Å². The van der Waals surface area contributed by atoms with E-state index in [2.05, 4.69) is 15.7 Å². The number of hydrogen-bond donors (Lipinski definition) is 4. The molecule has 2 aliphatic heterocycles. The minimum atomic E-state index is -2.04. The molecule has 180 valence electrons. The van der Waals surface area contributed by atoms with E-state index >= 15 is 0 Å². The number of hydrogen-bond acceptors (Lipinski definition) is 8. The van der Waals surface area contributed by atoms with Crippen molar-refractivity contribution >= 4 is 29.1 Å². The lowest BCUT2D eigenvalue weighted by Gasteiger charge is -2.44. The molecule has 3 heterocycles. The Kier molecular flexibility index (Phi) is 6.06. The quantitative estimate of drug-likeness (QED) is 0.327. The minimum absolute atomic E-state index is 0.164. The summed E-state index contributed by atoms with van der Waals surface area (Å²) < 4.78 is 1.58. The van der Waals surface area contributed by atoms with Gasteiger partial charge in [-0.25, -0.2) is 0 Å². The Morgan fingerprint density at radius 2 is 1.85 bits per heavy atom. The van der Waals surface area contributed by atoms with Gasteiger partial charge in [-0.2, -0.15) is 5.10 Å². The number of aromatic nitrogens is 2. The van der Waals surface area contributed by atoms with Crippen LogP contribution in [0.2, 0.25) is 0 Å². The number of nitrogens with one attached hydrogen (secondary N) is 2. The maximum Gasteiger partial charge on any atom is 0.272 e. The molecule has 1 aromatic heterocycles. The van der Waals surface area contributed by atoms with Gasteiger partial charge in [-0.05, 0) is 31.4 Å². The molecule has 1 fully saturated rings. The topological polar surface area (TPSA) is 180 Å². The Morgan fingerprint density at radius 3 is 2.47 bits per heavy atom. The van der Waals surface area contributed by atoms with Crippen LogP contribution < -0.4 is 10.6 Å². The van der Waals surface area contributed by atoms with Crippen LogP contribution in [0.1, 0.15) is 28.9 Å². The molecule has 3 amide bonds. The number of anilines is 1. The zero-order valence-electron chi connectivity index (χ0n) is 18.3. The molecule has 2 atom stereocenters. The van der Waals surface area contributed by atoms with Crippen molar-refractivity contribution < 1.29 is 29.5 Å². The van der Waals surface area contributed by atoms with E-state index in [4.69, 9.17) is 0 Å². The number of likely N-dealkylation sites (tertiary alicyclic amines) is 1. The van der Waals surface area contributed by atoms with Gasteiger partial charge in [0, 0.05) is 55.3 Å². The summed E-state index contributed by atoms with van der Waals surface area (Å²) in [6.45, 7) is 0.449. The summed E-state index contributed by atoms with van der Waals surface area (Å²) in [6, 6.07) is 4.89. The third kappa shape index (κ3) is 4.47. The zero-order chi connectivity index (χ0) is 24.6. The molecule has 4 rings (SSSR count). The van der Waals surface area contributed by atoms with Gasteiger partial charge in [0.05, 0.1) is 4.92 Å². The van der Waals surface area contributed by atoms with E-state index in [0.29, 0.717) is 25.0 Å². The predicted molar refractivity (Wildman–Crippen MR) is 117 cm³/mol. The Balaban J connectivity index is 1.34. The predicted octanol–water partition coefficient (Wildman–Crippen LogP) is -0.664. The molecule has 1 aromatic carbocycles. The van der Waals surface area contributed by atoms with Gasteiger partial charge >= 0.3 is 0 Å². The number of piperidine rings is 1. The molecule has 34 heavy (non-hydrogen) atoms. The third-order valence-electron chi connectivity index (χ3n) is 6.23. The average Bonchev–Trinajstić information content (AvgIpc) is 3.18. The fraction of sp³-hybridized carbons (Fsp3) is 0.429. The first-order valence-electron chi connectivity index (χ1n) is 10.6. The van der Waals surface area contributed by atoms with Gasteiger partial charge in [-0.1, -0.05) is 0 Å². The number of carbonyl (C=O) groups is 3. The molecule has 0 unspecified atom stereocenters. The molecule has 0 bridgehead atoms. The molecular formula is C21H24N6O7. The van der Waals surface area contributed by atoms with Gasteiger partial charge in [-0.3, -0.25) is 29.2 Å². The molecule has 0 saturated carbocycles. The van der Waals surface area contributed by atoms with Crippen LogP contribution in [0.25, 0.3) is 0 Å². The van der Waals surface area contributed by atoms with Crippen molar-refractivity contribution in [3.8, 4) is 0 Å². The Hall–Kier alpha value is -3.84. The monoisotopic (exact) mass is 472 g/mol. The highest BCUT2D eigenvalue weighted by Gasteiger charge is 2.44. The SMILES string of the molecule is Cn1cc2c(n1)C(=O)NC1(CCN(C(=O)[C@@H](O)[C@H](O)C(=O)Nc3ccc([N+](=O)[O-])cc3)CC1)C2. The Labute approximate surface area is 193 Å². The number of nitro benzene ring substituents is 1. The lowest BCUT2D eigenvalue weighted by Crippen LogP contribution is -2.61. The lowest BCUT2D eigenvalue weighted by molar-refractivity contribution is -0.384. The molecule has 1 spiro atoms. The third-order valence-corrected chi connectivity index (χ3v) is 6.23. The summed E-state index contributed by atoms with van der Waals surface area (Å²) in [5.41, 5.74) is 0.692. The van der Waals surface area contributed by atoms with Gasteiger partial charge in [-0.15, -0.1) is 0 Å². The van der Waals surface area contributed by atoms with Crippen molar-refractivity contribution in [1.82, 2.24) is 20.0 Å². The highest BCUT2D eigenvalue weighted by molar-refractivity contribution is 5.98. The van der Waals surface area contributed by atoms with Crippen molar-refractivity contribution in [2.45, 2.75) is 37.0 Å². The first-order valence-corrected chi connectivity index (χ1v) is 10.6. The van der Waals surface area contributed by atoms with Crippen molar-refractivity contribution in [3.05, 3.63) is 51.8 Å². The highest BCUT2D eigenvalue weighted by Crippen LogP contribution is 2.31. The number of benzene rings is 1. The van der Waals surface area contributed by atoms with Crippen LogP contribution in [0.4, 0.5) is 11.4 Å². The normalized spacial score (nSPS) is 18.6. The van der Waals surface area contributed by atoms with E-state index in [9.17, 15) is 34.7 Å². The molecule has 13 nitrogen and oxygen atoms in total. The molecule has 0 aliphatic carbocycles. The van der Waals surface area contributed by atoms with Crippen molar-refractivity contribution in [3.63, 3.8) is 0 Å². The van der Waals surface area contributed by atoms with Crippen LogP contribution in [0.3, 0.4) is 0 Å². The lowest BCUT2D eigenvalue weighted by atomic mass is 9.79. The average molecular weight is 472 g/mol. The number of non-ortho nitro benzene ring substituents is 1. The summed E-state index contributed by atoms with van der Waals surface area (Å²) in [5.74, 6) is -2.09. The zero-order valence-corrected chi connectivity index (χ0v) is 18.3. The van der Waals surface area contributed by atoms with E-state index < -0.39 is 34.5 Å². The maximum absolute atomic E-state index is 12.7. The number of aliphatic hydroxyl groups excluding tert-OH is 2. The molecule has 2 aromatic rings. The van der Waals surface area contributed by atoms with Crippen LogP contribution in [0.5, 0.6) is 0 Å². The molecule has 0 radical (unpaired) electrons. The second-order valence-corrected chi connectivity index (χ2v) is 8.60. The number of nitrogens with zero attached hydrogens (tertiary/aromatic N) is 4. The maximum atomic E-state index is 12.7. The molecule has 1 saturated heterocycles. The number of amides is 3. The van der Waals surface area contributed by atoms with E-state index in [1.807, 2.05) is 0 Å². The van der Waals surface area contributed by atoms with Crippen LogP contribution >= 0.6 is 0 Å². The van der Waals surface area contributed by atoms with Crippen molar-refractivity contribution in [2.24, 2.45) is 7.05 Å². The minimum Gasteiger partial charge on any atom is -0.380 e. The van der Waals surface area contributed by atoms with Crippen molar-refractivity contribution in [2.75, 3.05) is 18.4 Å². The summed E-state index contributed by atoms with van der Waals surface area (Å²) in [6.07, 6.45) is -0.763.